The zero-order valence-electron chi connectivity index (χ0n) is 18.5. The van der Waals surface area contributed by atoms with Crippen molar-refractivity contribution >= 4 is 29.2 Å². The van der Waals surface area contributed by atoms with Crippen molar-refractivity contribution in [2.24, 2.45) is 0 Å². The average molecular weight is 454 g/mol. The Hall–Kier alpha value is -1.96. The highest BCUT2D eigenvalue weighted by atomic mass is 35.5. The average Bonchev–Trinajstić information content (AvgIpc) is 2.73. The summed E-state index contributed by atoms with van der Waals surface area (Å²) in [7, 11) is 1.65. The number of piperidine rings is 1. The van der Waals surface area contributed by atoms with Crippen LogP contribution in [0, 0.1) is 5.82 Å². The molecule has 0 unspecified atom stereocenters. The number of nitrogens with zero attached hydrogens (tertiary/aromatic N) is 2. The fraction of sp³-hybridized carbons (Fsp3) is 0.565. The number of benzene rings is 1. The van der Waals surface area contributed by atoms with Crippen LogP contribution in [0.5, 0.6) is 0 Å². The van der Waals surface area contributed by atoms with Crippen molar-refractivity contribution in [1.82, 2.24) is 14.8 Å². The molecule has 3 rings (SSSR count). The number of carbonyl (C=O) groups is 1. The number of fused-ring (bicyclic) bond motifs is 1. The van der Waals surface area contributed by atoms with E-state index in [1.807, 2.05) is 23.3 Å². The second-order valence-electron chi connectivity index (χ2n) is 8.23. The summed E-state index contributed by atoms with van der Waals surface area (Å²) in [6.07, 6.45) is 5.18. The molecular formula is C23H33ClFN3O3. The van der Waals surface area contributed by atoms with E-state index >= 15 is 0 Å². The molecule has 1 aliphatic rings. The number of carbonyl (C=O) groups excluding carboxylic acids is 1. The summed E-state index contributed by atoms with van der Waals surface area (Å²) in [6.45, 7) is 6.85. The topological polar surface area (TPSA) is 63.6 Å². The zero-order valence-corrected chi connectivity index (χ0v) is 19.3. The number of amides is 1. The van der Waals surface area contributed by atoms with Crippen LogP contribution in [-0.4, -0.2) is 54.3 Å². The molecule has 1 aliphatic heterocycles. The Balaban J connectivity index is 0.00000341. The maximum atomic E-state index is 13.9. The highest BCUT2D eigenvalue weighted by Gasteiger charge is 2.30. The molecule has 0 radical (unpaired) electrons. The molecule has 1 N–H and O–H groups in total. The number of nitrogens with one attached hydrogen (secondary N) is 1. The molecule has 1 atom stereocenters. The molecule has 0 aliphatic carbocycles. The van der Waals surface area contributed by atoms with Crippen LogP contribution < -0.4 is 10.7 Å². The summed E-state index contributed by atoms with van der Waals surface area (Å²) in [5.41, 5.74) is 0.335. The third-order valence-corrected chi connectivity index (χ3v) is 5.73. The van der Waals surface area contributed by atoms with Crippen LogP contribution in [0.4, 0.5) is 4.39 Å². The Bertz CT molecular complexity index is 942. The lowest BCUT2D eigenvalue weighted by molar-refractivity contribution is 0.0571. The molecule has 1 aromatic carbocycles. The molecule has 8 heteroatoms. The summed E-state index contributed by atoms with van der Waals surface area (Å²) < 4.78 is 20.8. The van der Waals surface area contributed by atoms with Crippen molar-refractivity contribution in [2.45, 2.75) is 58.2 Å². The number of methoxy groups -OCH3 is 1. The molecule has 0 spiro atoms. The molecule has 0 saturated carbocycles. The smallest absolute Gasteiger partial charge is 0.259 e. The van der Waals surface area contributed by atoms with Gasteiger partial charge in [-0.25, -0.2) is 4.39 Å². The molecular weight excluding hydrogens is 421 g/mol. The Labute approximate surface area is 189 Å². The van der Waals surface area contributed by atoms with Gasteiger partial charge in [0.25, 0.3) is 5.91 Å². The van der Waals surface area contributed by atoms with E-state index in [4.69, 9.17) is 4.74 Å². The van der Waals surface area contributed by atoms with Gasteiger partial charge < -0.3 is 19.5 Å². The van der Waals surface area contributed by atoms with Crippen molar-refractivity contribution < 1.29 is 13.9 Å². The SMILES string of the molecule is COCCCCn1cc(C(=O)N(C(C)C)[C@@H]2CCCNC2)c(=O)c2ccc(F)cc21.Cl. The normalized spacial score (nSPS) is 16.4. The first-order chi connectivity index (χ1) is 14.4. The van der Waals surface area contributed by atoms with Crippen LogP contribution in [0.15, 0.2) is 29.2 Å². The first-order valence-corrected chi connectivity index (χ1v) is 10.8. The van der Waals surface area contributed by atoms with Crippen LogP contribution in [0.3, 0.4) is 0 Å². The lowest BCUT2D eigenvalue weighted by Gasteiger charge is -2.37. The maximum Gasteiger partial charge on any atom is 0.259 e. The Morgan fingerprint density at radius 3 is 2.77 bits per heavy atom. The van der Waals surface area contributed by atoms with Crippen LogP contribution in [0.2, 0.25) is 0 Å². The van der Waals surface area contributed by atoms with Crippen molar-refractivity contribution in [2.75, 3.05) is 26.8 Å². The number of rotatable bonds is 8. The minimum absolute atomic E-state index is 0. The third-order valence-electron chi connectivity index (χ3n) is 5.73. The molecule has 1 aromatic heterocycles. The van der Waals surface area contributed by atoms with Gasteiger partial charge in [0.15, 0.2) is 0 Å². The van der Waals surface area contributed by atoms with E-state index in [0.717, 1.165) is 38.8 Å². The number of ether oxygens (including phenoxy) is 1. The van der Waals surface area contributed by atoms with Gasteiger partial charge in [-0.3, -0.25) is 9.59 Å². The largest absolute Gasteiger partial charge is 0.385 e. The Kier molecular flexibility index (Phi) is 9.47. The molecule has 2 aromatic rings. The van der Waals surface area contributed by atoms with Gasteiger partial charge in [-0.2, -0.15) is 0 Å². The summed E-state index contributed by atoms with van der Waals surface area (Å²) in [5, 5.41) is 3.72. The van der Waals surface area contributed by atoms with E-state index in [0.29, 0.717) is 24.1 Å². The third kappa shape index (κ3) is 5.84. The fourth-order valence-electron chi connectivity index (χ4n) is 4.26. The first kappa shape index (κ1) is 25.3. The number of halogens is 2. The molecule has 1 saturated heterocycles. The number of aromatic nitrogens is 1. The van der Waals surface area contributed by atoms with E-state index < -0.39 is 5.82 Å². The van der Waals surface area contributed by atoms with E-state index in [1.54, 1.807) is 13.3 Å². The molecule has 1 amide bonds. The molecule has 0 bridgehead atoms. The van der Waals surface area contributed by atoms with Crippen molar-refractivity contribution in [1.29, 1.82) is 0 Å². The predicted molar refractivity (Wildman–Crippen MR) is 124 cm³/mol. The number of pyridine rings is 1. The summed E-state index contributed by atoms with van der Waals surface area (Å²) in [6, 6.07) is 4.16. The van der Waals surface area contributed by atoms with Gasteiger partial charge in [-0.1, -0.05) is 0 Å². The summed E-state index contributed by atoms with van der Waals surface area (Å²) in [4.78, 5) is 28.6. The summed E-state index contributed by atoms with van der Waals surface area (Å²) in [5.74, 6) is -0.649. The lowest BCUT2D eigenvalue weighted by Crippen LogP contribution is -2.52. The van der Waals surface area contributed by atoms with Crippen LogP contribution in [-0.2, 0) is 11.3 Å². The first-order valence-electron chi connectivity index (χ1n) is 10.8. The van der Waals surface area contributed by atoms with Gasteiger partial charge in [0.05, 0.1) is 5.52 Å². The van der Waals surface area contributed by atoms with Gasteiger partial charge in [0.2, 0.25) is 5.43 Å². The lowest BCUT2D eigenvalue weighted by atomic mass is 10.0. The maximum absolute atomic E-state index is 13.9. The van der Waals surface area contributed by atoms with Crippen molar-refractivity contribution in [3.8, 4) is 0 Å². The number of hydrogen-bond donors (Lipinski definition) is 1. The van der Waals surface area contributed by atoms with Crippen LogP contribution in [0.1, 0.15) is 49.9 Å². The standard InChI is InChI=1S/C23H32FN3O3.ClH/c1-16(2)27(18-7-6-10-25-14-18)23(29)20-15-26(11-4-5-12-30-3)21-13-17(24)8-9-19(21)22(20)28;/h8-9,13,15-16,18,25H,4-7,10-12,14H2,1-3H3;1H/t18-;/m1./s1. The highest BCUT2D eigenvalue weighted by Crippen LogP contribution is 2.20. The zero-order chi connectivity index (χ0) is 21.7. The quantitative estimate of drug-likeness (QED) is 0.620. The number of unbranched alkanes of at least 4 members (excludes halogenated alkanes) is 1. The fourth-order valence-corrected chi connectivity index (χ4v) is 4.26. The van der Waals surface area contributed by atoms with Crippen molar-refractivity contribution in [3.05, 3.63) is 46.0 Å². The molecule has 172 valence electrons. The summed E-state index contributed by atoms with van der Waals surface area (Å²) >= 11 is 0. The van der Waals surface area contributed by atoms with Crippen LogP contribution >= 0.6 is 12.4 Å². The van der Waals surface area contributed by atoms with Gasteiger partial charge in [0, 0.05) is 50.5 Å². The highest BCUT2D eigenvalue weighted by molar-refractivity contribution is 5.97. The minimum Gasteiger partial charge on any atom is -0.385 e. The predicted octanol–water partition coefficient (Wildman–Crippen LogP) is 3.59. The molecule has 6 nitrogen and oxygen atoms in total. The van der Waals surface area contributed by atoms with E-state index in [9.17, 15) is 14.0 Å². The van der Waals surface area contributed by atoms with Gasteiger partial charge in [-0.05, 0) is 64.3 Å². The Morgan fingerprint density at radius 2 is 2.13 bits per heavy atom. The second-order valence-corrected chi connectivity index (χ2v) is 8.23. The Morgan fingerprint density at radius 1 is 1.35 bits per heavy atom. The second kappa shape index (κ2) is 11.6. The van der Waals surface area contributed by atoms with E-state index in [1.165, 1.54) is 18.2 Å². The monoisotopic (exact) mass is 453 g/mol. The number of hydrogen-bond acceptors (Lipinski definition) is 4. The van der Waals surface area contributed by atoms with Crippen LogP contribution in [0.25, 0.3) is 10.9 Å². The van der Waals surface area contributed by atoms with Gasteiger partial charge >= 0.3 is 0 Å². The van der Waals surface area contributed by atoms with Crippen molar-refractivity contribution in [3.63, 3.8) is 0 Å². The van der Waals surface area contributed by atoms with Gasteiger partial charge in [0.1, 0.15) is 11.4 Å². The molecule has 1 fully saturated rings. The minimum atomic E-state index is -0.399. The van der Waals surface area contributed by atoms with Gasteiger partial charge in [-0.15, -0.1) is 12.4 Å². The molecule has 2 heterocycles. The van der Waals surface area contributed by atoms with E-state index in [2.05, 4.69) is 5.32 Å². The van der Waals surface area contributed by atoms with E-state index in [-0.39, 0.29) is 41.4 Å². The number of aryl methyl sites for hydroxylation is 1. The molecule has 31 heavy (non-hydrogen) atoms.